The smallest absolute Gasteiger partial charge is 0.257 e. The number of amides is 1. The van der Waals surface area contributed by atoms with Crippen LogP contribution < -0.4 is 10.9 Å². The first-order chi connectivity index (χ1) is 11.4. The van der Waals surface area contributed by atoms with Crippen LogP contribution in [0.5, 0.6) is 0 Å². The number of hydrogen-bond donors (Lipinski definition) is 2. The molecule has 24 heavy (non-hydrogen) atoms. The largest absolute Gasteiger partial charge is 0.326 e. The Balaban J connectivity index is 1.96. The summed E-state index contributed by atoms with van der Waals surface area (Å²) in [6.07, 6.45) is 0. The zero-order valence-electron chi connectivity index (χ0n) is 13.1. The molecule has 0 aliphatic rings. The van der Waals surface area contributed by atoms with E-state index in [2.05, 4.69) is 15.4 Å². The fourth-order valence-corrected chi connectivity index (χ4v) is 2.58. The van der Waals surface area contributed by atoms with Crippen LogP contribution in [0.2, 0.25) is 5.02 Å². The number of aromatic amines is 1. The standard InChI is InChI=1S/C17H15ClN4O2/c1-10-6-12(8-16(23)19-10)17(24)20-15-7-11(2)21-22(15)14-5-3-4-13(18)9-14/h3-9H,1-2H3,(H,19,23)(H,20,24). The van der Waals surface area contributed by atoms with Gasteiger partial charge in [0.1, 0.15) is 5.82 Å². The molecule has 0 saturated heterocycles. The summed E-state index contributed by atoms with van der Waals surface area (Å²) in [6.45, 7) is 3.55. The molecule has 0 spiro atoms. The summed E-state index contributed by atoms with van der Waals surface area (Å²) in [4.78, 5) is 26.6. The molecule has 2 aromatic heterocycles. The Bertz CT molecular complexity index is 975. The topological polar surface area (TPSA) is 79.8 Å². The van der Waals surface area contributed by atoms with E-state index in [0.29, 0.717) is 16.5 Å². The van der Waals surface area contributed by atoms with Crippen LogP contribution in [0.3, 0.4) is 0 Å². The summed E-state index contributed by atoms with van der Waals surface area (Å²) in [6, 6.07) is 11.8. The molecule has 0 fully saturated rings. The number of benzene rings is 1. The Morgan fingerprint density at radius 3 is 2.71 bits per heavy atom. The van der Waals surface area contributed by atoms with Gasteiger partial charge in [-0.3, -0.25) is 9.59 Å². The molecule has 2 N–H and O–H groups in total. The molecular formula is C17H15ClN4O2. The number of nitrogens with one attached hydrogen (secondary N) is 2. The molecule has 0 aliphatic heterocycles. The van der Waals surface area contributed by atoms with Gasteiger partial charge < -0.3 is 10.3 Å². The minimum absolute atomic E-state index is 0.285. The van der Waals surface area contributed by atoms with Crippen LogP contribution in [0.1, 0.15) is 21.7 Å². The van der Waals surface area contributed by atoms with Crippen LogP contribution in [-0.4, -0.2) is 20.7 Å². The van der Waals surface area contributed by atoms with E-state index < -0.39 is 0 Å². The molecular weight excluding hydrogens is 328 g/mol. The predicted molar refractivity (Wildman–Crippen MR) is 93.1 cm³/mol. The molecule has 0 bridgehead atoms. The van der Waals surface area contributed by atoms with Gasteiger partial charge >= 0.3 is 0 Å². The lowest BCUT2D eigenvalue weighted by molar-refractivity contribution is 0.102. The number of aryl methyl sites for hydroxylation is 2. The quantitative estimate of drug-likeness (QED) is 0.767. The highest BCUT2D eigenvalue weighted by Gasteiger charge is 2.13. The van der Waals surface area contributed by atoms with Crippen molar-refractivity contribution in [3.05, 3.63) is 74.8 Å². The van der Waals surface area contributed by atoms with Crippen molar-refractivity contribution in [3.8, 4) is 5.69 Å². The maximum atomic E-state index is 12.4. The summed E-state index contributed by atoms with van der Waals surface area (Å²) < 4.78 is 1.60. The van der Waals surface area contributed by atoms with E-state index in [4.69, 9.17) is 11.6 Å². The molecule has 7 heteroatoms. The normalized spacial score (nSPS) is 10.6. The number of aromatic nitrogens is 3. The van der Waals surface area contributed by atoms with Crippen LogP contribution in [0.25, 0.3) is 5.69 Å². The SMILES string of the molecule is Cc1cc(NC(=O)c2cc(C)[nH]c(=O)c2)n(-c2cccc(Cl)c2)n1. The van der Waals surface area contributed by atoms with Crippen molar-refractivity contribution in [2.24, 2.45) is 0 Å². The average Bonchev–Trinajstić information content (AvgIpc) is 2.87. The van der Waals surface area contributed by atoms with Crippen LogP contribution in [0, 0.1) is 13.8 Å². The molecule has 0 aliphatic carbocycles. The van der Waals surface area contributed by atoms with Crippen molar-refractivity contribution in [1.29, 1.82) is 0 Å². The Morgan fingerprint density at radius 1 is 1.21 bits per heavy atom. The van der Waals surface area contributed by atoms with Crippen molar-refractivity contribution >= 4 is 23.3 Å². The van der Waals surface area contributed by atoms with E-state index in [1.54, 1.807) is 41.9 Å². The number of hydrogen-bond acceptors (Lipinski definition) is 3. The van der Waals surface area contributed by atoms with E-state index in [1.807, 2.05) is 13.0 Å². The lowest BCUT2D eigenvalue weighted by Gasteiger charge is -2.09. The van der Waals surface area contributed by atoms with E-state index in [0.717, 1.165) is 11.4 Å². The Kier molecular flexibility index (Phi) is 4.22. The van der Waals surface area contributed by atoms with E-state index in [-0.39, 0.29) is 17.0 Å². The first kappa shape index (κ1) is 16.0. The third-order valence-corrected chi connectivity index (χ3v) is 3.60. The van der Waals surface area contributed by atoms with Crippen molar-refractivity contribution in [3.63, 3.8) is 0 Å². The van der Waals surface area contributed by atoms with Crippen molar-refractivity contribution < 1.29 is 4.79 Å². The van der Waals surface area contributed by atoms with E-state index >= 15 is 0 Å². The summed E-state index contributed by atoms with van der Waals surface area (Å²) in [5.74, 6) is 0.116. The van der Waals surface area contributed by atoms with Gasteiger partial charge in [-0.05, 0) is 38.1 Å². The second kappa shape index (κ2) is 6.33. The first-order valence-electron chi connectivity index (χ1n) is 7.27. The van der Waals surface area contributed by atoms with Crippen LogP contribution in [-0.2, 0) is 0 Å². The molecule has 0 radical (unpaired) electrons. The van der Waals surface area contributed by atoms with Gasteiger partial charge in [-0.2, -0.15) is 5.10 Å². The van der Waals surface area contributed by atoms with Gasteiger partial charge in [-0.15, -0.1) is 0 Å². The number of pyridine rings is 1. The van der Waals surface area contributed by atoms with Gasteiger partial charge in [0.25, 0.3) is 5.91 Å². The summed E-state index contributed by atoms with van der Waals surface area (Å²) >= 11 is 6.02. The van der Waals surface area contributed by atoms with E-state index in [1.165, 1.54) is 6.07 Å². The molecule has 1 amide bonds. The predicted octanol–water partition coefficient (Wildman–Crippen LogP) is 3.08. The van der Waals surface area contributed by atoms with Crippen LogP contribution in [0.4, 0.5) is 5.82 Å². The van der Waals surface area contributed by atoms with Crippen molar-refractivity contribution in [2.45, 2.75) is 13.8 Å². The van der Waals surface area contributed by atoms with Crippen LogP contribution in [0.15, 0.2) is 47.3 Å². The minimum Gasteiger partial charge on any atom is -0.326 e. The molecule has 122 valence electrons. The zero-order chi connectivity index (χ0) is 17.3. The number of carbonyl (C=O) groups excluding carboxylic acids is 1. The van der Waals surface area contributed by atoms with Crippen molar-refractivity contribution in [1.82, 2.24) is 14.8 Å². The summed E-state index contributed by atoms with van der Waals surface area (Å²) in [7, 11) is 0. The van der Waals surface area contributed by atoms with Gasteiger partial charge in [0.15, 0.2) is 0 Å². The second-order valence-electron chi connectivity index (χ2n) is 5.43. The highest BCUT2D eigenvalue weighted by Crippen LogP contribution is 2.20. The number of rotatable bonds is 3. The number of carbonyl (C=O) groups is 1. The minimum atomic E-state index is -0.382. The van der Waals surface area contributed by atoms with E-state index in [9.17, 15) is 9.59 Å². The Labute approximate surface area is 143 Å². The molecule has 0 saturated carbocycles. The molecule has 1 aromatic carbocycles. The maximum absolute atomic E-state index is 12.4. The maximum Gasteiger partial charge on any atom is 0.257 e. The summed E-state index contributed by atoms with van der Waals surface area (Å²) in [5.41, 5.74) is 2.06. The highest BCUT2D eigenvalue weighted by molar-refractivity contribution is 6.30. The van der Waals surface area contributed by atoms with Gasteiger partial charge in [-0.25, -0.2) is 4.68 Å². The third kappa shape index (κ3) is 3.38. The Hall–Kier alpha value is -2.86. The van der Waals surface area contributed by atoms with Gasteiger partial charge in [0.2, 0.25) is 5.56 Å². The highest BCUT2D eigenvalue weighted by atomic mass is 35.5. The number of nitrogens with zero attached hydrogens (tertiary/aromatic N) is 2. The number of halogens is 1. The van der Waals surface area contributed by atoms with Crippen LogP contribution >= 0.6 is 11.6 Å². The average molecular weight is 343 g/mol. The fourth-order valence-electron chi connectivity index (χ4n) is 2.40. The molecule has 2 heterocycles. The third-order valence-electron chi connectivity index (χ3n) is 3.37. The number of anilines is 1. The zero-order valence-corrected chi connectivity index (χ0v) is 13.9. The Morgan fingerprint density at radius 2 is 2.00 bits per heavy atom. The number of H-pyrrole nitrogens is 1. The van der Waals surface area contributed by atoms with Crippen molar-refractivity contribution in [2.75, 3.05) is 5.32 Å². The molecule has 0 atom stereocenters. The second-order valence-corrected chi connectivity index (χ2v) is 5.87. The molecule has 3 aromatic rings. The van der Waals surface area contributed by atoms with Gasteiger partial charge in [0.05, 0.1) is 11.4 Å². The lowest BCUT2D eigenvalue weighted by Crippen LogP contribution is -2.18. The molecule has 0 unspecified atom stereocenters. The molecule has 6 nitrogen and oxygen atoms in total. The first-order valence-corrected chi connectivity index (χ1v) is 7.65. The van der Waals surface area contributed by atoms with Gasteiger partial charge in [-0.1, -0.05) is 17.7 Å². The lowest BCUT2D eigenvalue weighted by atomic mass is 10.2. The monoisotopic (exact) mass is 342 g/mol. The fraction of sp³-hybridized carbons (Fsp3) is 0.118. The summed E-state index contributed by atoms with van der Waals surface area (Å²) in [5, 5.41) is 7.74. The molecule has 3 rings (SSSR count). The van der Waals surface area contributed by atoms with Gasteiger partial charge in [0, 0.05) is 28.4 Å².